The monoisotopic (exact) mass is 185 g/mol. The van der Waals surface area contributed by atoms with Gasteiger partial charge in [0.2, 0.25) is 0 Å². The molecule has 1 unspecified atom stereocenters. The lowest BCUT2D eigenvalue weighted by molar-refractivity contribution is 0.386. The molecular formula is C3H7O5P2+. The SMILES string of the molecule is O=[P+](O)CC=CP(=O)(O)O. The molecule has 0 rings (SSSR count). The van der Waals surface area contributed by atoms with E-state index in [4.69, 9.17) is 14.7 Å². The number of rotatable bonds is 3. The Morgan fingerprint density at radius 2 is 2.00 bits per heavy atom. The van der Waals surface area contributed by atoms with Gasteiger partial charge in [0.25, 0.3) is 0 Å². The van der Waals surface area contributed by atoms with Crippen LogP contribution >= 0.6 is 15.6 Å². The Labute approximate surface area is 58.4 Å². The summed E-state index contributed by atoms with van der Waals surface area (Å²) < 4.78 is 20.0. The van der Waals surface area contributed by atoms with Crippen molar-refractivity contribution in [1.82, 2.24) is 0 Å². The smallest absolute Gasteiger partial charge is 0.321 e. The Morgan fingerprint density at radius 1 is 1.50 bits per heavy atom. The molecule has 1 atom stereocenters. The van der Waals surface area contributed by atoms with Gasteiger partial charge in [0.15, 0.2) is 6.16 Å². The Morgan fingerprint density at radius 3 is 2.30 bits per heavy atom. The second-order valence-corrected chi connectivity index (χ2v) is 4.05. The van der Waals surface area contributed by atoms with Crippen LogP contribution in [0.25, 0.3) is 0 Å². The van der Waals surface area contributed by atoms with Crippen molar-refractivity contribution in [1.29, 1.82) is 0 Å². The first-order chi connectivity index (χ1) is 4.42. The lowest BCUT2D eigenvalue weighted by Crippen LogP contribution is -1.71. The molecule has 0 aromatic carbocycles. The molecular weight excluding hydrogens is 178 g/mol. The summed E-state index contributed by atoms with van der Waals surface area (Å²) in [5, 5.41) is 0. The number of hydrogen-bond acceptors (Lipinski definition) is 2. The average molecular weight is 185 g/mol. The summed E-state index contributed by atoms with van der Waals surface area (Å²) in [6.45, 7) is 0. The van der Waals surface area contributed by atoms with Crippen molar-refractivity contribution in [3.8, 4) is 0 Å². The molecule has 0 fully saturated rings. The van der Waals surface area contributed by atoms with Crippen LogP contribution in [0.5, 0.6) is 0 Å². The standard InChI is InChI=1S/C3H6O5P2/c4-9(5)2-1-3-10(6,7)8/h1,3H,2H2,(H2-,4,5,6,7,8)/p+1. The maximum absolute atomic E-state index is 10.0. The zero-order chi connectivity index (χ0) is 8.20. The average Bonchev–Trinajstić information content (AvgIpc) is 1.59. The predicted molar refractivity (Wildman–Crippen MR) is 35.9 cm³/mol. The van der Waals surface area contributed by atoms with E-state index >= 15 is 0 Å². The highest BCUT2D eigenvalue weighted by Crippen LogP contribution is 2.36. The van der Waals surface area contributed by atoms with Gasteiger partial charge < -0.3 is 9.79 Å². The molecule has 0 radical (unpaired) electrons. The van der Waals surface area contributed by atoms with Crippen LogP contribution in [0.2, 0.25) is 0 Å². The van der Waals surface area contributed by atoms with Crippen molar-refractivity contribution in [3.05, 3.63) is 11.9 Å². The van der Waals surface area contributed by atoms with E-state index in [1.807, 2.05) is 0 Å². The van der Waals surface area contributed by atoms with Gasteiger partial charge in [0, 0.05) is 5.82 Å². The zero-order valence-electron chi connectivity index (χ0n) is 4.91. The molecule has 7 heteroatoms. The van der Waals surface area contributed by atoms with E-state index in [9.17, 15) is 9.13 Å². The summed E-state index contributed by atoms with van der Waals surface area (Å²) in [5.74, 6) is 0.608. The second kappa shape index (κ2) is 3.96. The van der Waals surface area contributed by atoms with Crippen molar-refractivity contribution in [2.45, 2.75) is 0 Å². The van der Waals surface area contributed by atoms with Crippen molar-refractivity contribution in [3.63, 3.8) is 0 Å². The Bertz CT molecular complexity index is 191. The van der Waals surface area contributed by atoms with Crippen LogP contribution in [0.15, 0.2) is 11.9 Å². The third-order valence-corrected chi connectivity index (χ3v) is 1.68. The summed E-state index contributed by atoms with van der Waals surface area (Å²) in [7, 11) is -6.48. The first kappa shape index (κ1) is 9.95. The van der Waals surface area contributed by atoms with E-state index in [2.05, 4.69) is 0 Å². The summed E-state index contributed by atoms with van der Waals surface area (Å²) in [6, 6.07) is 0. The third-order valence-electron chi connectivity index (χ3n) is 0.561. The highest BCUT2D eigenvalue weighted by molar-refractivity contribution is 7.55. The van der Waals surface area contributed by atoms with E-state index in [0.29, 0.717) is 5.82 Å². The lowest BCUT2D eigenvalue weighted by Gasteiger charge is -1.89. The molecule has 3 N–H and O–H groups in total. The number of hydrogen-bond donors (Lipinski definition) is 3. The molecule has 0 aliphatic carbocycles. The molecule has 10 heavy (non-hydrogen) atoms. The van der Waals surface area contributed by atoms with Crippen LogP contribution in [0.3, 0.4) is 0 Å². The number of allylic oxidation sites excluding steroid dienone is 1. The maximum atomic E-state index is 10.0. The molecule has 0 aromatic rings. The minimum atomic E-state index is -4.14. The van der Waals surface area contributed by atoms with Gasteiger partial charge in [-0.25, -0.2) is 0 Å². The predicted octanol–water partition coefficient (Wildman–Crippen LogP) is 0.412. The molecule has 58 valence electrons. The summed E-state index contributed by atoms with van der Waals surface area (Å²) in [6.07, 6.45) is 0.764. The minimum Gasteiger partial charge on any atom is -0.321 e. The second-order valence-electron chi connectivity index (χ2n) is 1.51. The van der Waals surface area contributed by atoms with Crippen molar-refractivity contribution in [2.75, 3.05) is 6.16 Å². The lowest BCUT2D eigenvalue weighted by atomic mass is 10.8. The molecule has 0 aliphatic rings. The fourth-order valence-electron chi connectivity index (χ4n) is 0.275. The molecule has 0 saturated carbocycles. The van der Waals surface area contributed by atoms with E-state index in [1.165, 1.54) is 0 Å². The first-order valence-electron chi connectivity index (χ1n) is 2.28. The van der Waals surface area contributed by atoms with Gasteiger partial charge in [-0.1, -0.05) is 0 Å². The van der Waals surface area contributed by atoms with Gasteiger partial charge in [-0.05, 0) is 10.6 Å². The van der Waals surface area contributed by atoms with Gasteiger partial charge in [0.05, 0.1) is 0 Å². The molecule has 0 spiro atoms. The van der Waals surface area contributed by atoms with Crippen LogP contribution in [-0.2, 0) is 9.13 Å². The van der Waals surface area contributed by atoms with Crippen LogP contribution < -0.4 is 0 Å². The van der Waals surface area contributed by atoms with Gasteiger partial charge in [-0.15, -0.1) is 0 Å². The van der Waals surface area contributed by atoms with E-state index in [1.54, 1.807) is 0 Å². The highest BCUT2D eigenvalue weighted by Gasteiger charge is 2.09. The molecule has 0 heterocycles. The van der Waals surface area contributed by atoms with Gasteiger partial charge in [-0.3, -0.25) is 4.57 Å². The van der Waals surface area contributed by atoms with Crippen LogP contribution in [-0.4, -0.2) is 20.8 Å². The molecule has 0 amide bonds. The maximum Gasteiger partial charge on any atom is 0.509 e. The fourth-order valence-corrected chi connectivity index (χ4v) is 1.11. The van der Waals surface area contributed by atoms with Crippen LogP contribution in [0, 0.1) is 0 Å². The quantitative estimate of drug-likeness (QED) is 0.553. The largest absolute Gasteiger partial charge is 0.509 e. The topological polar surface area (TPSA) is 94.8 Å². The van der Waals surface area contributed by atoms with Crippen molar-refractivity contribution in [2.24, 2.45) is 0 Å². The first-order valence-corrected chi connectivity index (χ1v) is 5.36. The van der Waals surface area contributed by atoms with Crippen molar-refractivity contribution < 1.29 is 23.8 Å². The summed E-state index contributed by atoms with van der Waals surface area (Å²) in [5.41, 5.74) is 0. The Hall–Kier alpha value is -0.0500. The van der Waals surface area contributed by atoms with E-state index in [-0.39, 0.29) is 6.16 Å². The van der Waals surface area contributed by atoms with Crippen LogP contribution in [0.1, 0.15) is 0 Å². The van der Waals surface area contributed by atoms with Gasteiger partial charge >= 0.3 is 15.6 Å². The van der Waals surface area contributed by atoms with Gasteiger partial charge in [0.1, 0.15) is 0 Å². The molecule has 0 aromatic heterocycles. The summed E-state index contributed by atoms with van der Waals surface area (Å²) >= 11 is 0. The summed E-state index contributed by atoms with van der Waals surface area (Å²) in [4.78, 5) is 24.5. The molecule has 5 nitrogen and oxygen atoms in total. The van der Waals surface area contributed by atoms with E-state index in [0.717, 1.165) is 6.08 Å². The van der Waals surface area contributed by atoms with Crippen LogP contribution in [0.4, 0.5) is 0 Å². The van der Waals surface area contributed by atoms with Gasteiger partial charge in [-0.2, -0.15) is 4.89 Å². The normalized spacial score (nSPS) is 14.1. The molecule has 0 saturated heterocycles. The third kappa shape index (κ3) is 7.95. The van der Waals surface area contributed by atoms with E-state index < -0.39 is 15.6 Å². The molecule has 0 aliphatic heterocycles. The fraction of sp³-hybridized carbons (Fsp3) is 0.333. The zero-order valence-corrected chi connectivity index (χ0v) is 6.70. The molecule has 0 bridgehead atoms. The highest BCUT2D eigenvalue weighted by atomic mass is 31.2. The Kier molecular flexibility index (Phi) is 3.94. The van der Waals surface area contributed by atoms with Crippen molar-refractivity contribution >= 4 is 15.6 Å². The minimum absolute atomic E-state index is 0.222. The Balaban J connectivity index is 3.79.